The van der Waals surface area contributed by atoms with Crippen molar-refractivity contribution in [1.82, 2.24) is 5.32 Å². The topological polar surface area (TPSA) is 41.1 Å². The maximum absolute atomic E-state index is 12.1. The van der Waals surface area contributed by atoms with Crippen LogP contribution in [0.1, 0.15) is 15.9 Å². The molecule has 0 aliphatic rings. The number of aryl methyl sites for hydroxylation is 1. The fourth-order valence-electron chi connectivity index (χ4n) is 1.73. The molecule has 22 heavy (non-hydrogen) atoms. The fourth-order valence-corrected chi connectivity index (χ4v) is 2.68. The highest BCUT2D eigenvalue weighted by Gasteiger charge is 2.12. The Hall–Kier alpha value is -1.14. The molecule has 0 unspecified atom stereocenters. The smallest absolute Gasteiger partial charge is 0.258 e. The lowest BCUT2D eigenvalue weighted by Gasteiger charge is -2.11. The van der Waals surface area contributed by atoms with Gasteiger partial charge in [-0.05, 0) is 61.1 Å². The van der Waals surface area contributed by atoms with Crippen LogP contribution in [-0.4, -0.2) is 11.0 Å². The molecule has 114 valence electrons. The maximum atomic E-state index is 12.1. The van der Waals surface area contributed by atoms with Crippen LogP contribution in [-0.2, 0) is 0 Å². The first-order valence-corrected chi connectivity index (χ1v) is 8.16. The molecule has 0 fully saturated rings. The number of carbonyl (C=O) groups is 1. The first-order chi connectivity index (χ1) is 10.4. The highest BCUT2D eigenvalue weighted by molar-refractivity contribution is 9.10. The average Bonchev–Trinajstić information content (AvgIpc) is 2.42. The Morgan fingerprint density at radius 1 is 1.18 bits per heavy atom. The van der Waals surface area contributed by atoms with Crippen molar-refractivity contribution in [2.24, 2.45) is 0 Å². The van der Waals surface area contributed by atoms with E-state index in [1.165, 1.54) is 6.07 Å². The Balaban J connectivity index is 2.05. The molecular weight excluding hydrogens is 407 g/mol. The summed E-state index contributed by atoms with van der Waals surface area (Å²) in [5.41, 5.74) is 2.15. The number of amides is 1. The Kier molecular flexibility index (Phi) is 5.81. The molecule has 2 aromatic carbocycles. The van der Waals surface area contributed by atoms with Crippen molar-refractivity contribution in [3.05, 3.63) is 62.0 Å². The molecule has 2 rings (SSSR count). The van der Waals surface area contributed by atoms with Gasteiger partial charge in [0.1, 0.15) is 0 Å². The Morgan fingerprint density at radius 2 is 1.91 bits per heavy atom. The Labute approximate surface area is 152 Å². The summed E-state index contributed by atoms with van der Waals surface area (Å²) in [7, 11) is 0. The van der Waals surface area contributed by atoms with Gasteiger partial charge in [-0.1, -0.05) is 39.1 Å². The molecule has 0 aliphatic heterocycles. The molecule has 3 nitrogen and oxygen atoms in total. The molecule has 1 amide bonds. The lowest BCUT2D eigenvalue weighted by Crippen LogP contribution is -2.34. The van der Waals surface area contributed by atoms with Crippen molar-refractivity contribution in [1.29, 1.82) is 0 Å². The number of hydrogen-bond acceptors (Lipinski definition) is 2. The van der Waals surface area contributed by atoms with Crippen molar-refractivity contribution in [2.45, 2.75) is 6.92 Å². The van der Waals surface area contributed by atoms with Gasteiger partial charge in [0, 0.05) is 15.2 Å². The van der Waals surface area contributed by atoms with Crippen LogP contribution in [0.25, 0.3) is 0 Å². The van der Waals surface area contributed by atoms with Crippen LogP contribution in [0, 0.1) is 6.92 Å². The van der Waals surface area contributed by atoms with Crippen molar-refractivity contribution in [2.75, 3.05) is 5.32 Å². The highest BCUT2D eigenvalue weighted by Crippen LogP contribution is 2.21. The number of carbonyl (C=O) groups excluding carboxylic acids is 1. The predicted molar refractivity (Wildman–Crippen MR) is 99.0 cm³/mol. The molecule has 2 aromatic rings. The van der Waals surface area contributed by atoms with E-state index in [0.717, 1.165) is 15.7 Å². The quantitative estimate of drug-likeness (QED) is 0.660. The number of hydrogen-bond donors (Lipinski definition) is 2. The van der Waals surface area contributed by atoms with Gasteiger partial charge in [0.25, 0.3) is 5.91 Å². The first kappa shape index (κ1) is 17.2. The second kappa shape index (κ2) is 7.42. The van der Waals surface area contributed by atoms with Gasteiger partial charge in [-0.2, -0.15) is 0 Å². The number of anilines is 1. The SMILES string of the molecule is Cc1cc(NC(=S)NC(=O)c2ccc(Cl)cc2Cl)ccc1Br. The van der Waals surface area contributed by atoms with E-state index >= 15 is 0 Å². The van der Waals surface area contributed by atoms with E-state index in [9.17, 15) is 4.79 Å². The van der Waals surface area contributed by atoms with E-state index in [1.54, 1.807) is 12.1 Å². The minimum absolute atomic E-state index is 0.192. The zero-order valence-corrected chi connectivity index (χ0v) is 15.3. The van der Waals surface area contributed by atoms with Crippen molar-refractivity contribution in [3.8, 4) is 0 Å². The third-order valence-electron chi connectivity index (χ3n) is 2.82. The number of rotatable bonds is 2. The Morgan fingerprint density at radius 3 is 2.55 bits per heavy atom. The van der Waals surface area contributed by atoms with Crippen molar-refractivity contribution >= 4 is 68.1 Å². The van der Waals surface area contributed by atoms with E-state index in [1.807, 2.05) is 25.1 Å². The van der Waals surface area contributed by atoms with Crippen LogP contribution in [0.3, 0.4) is 0 Å². The minimum atomic E-state index is -0.395. The summed E-state index contributed by atoms with van der Waals surface area (Å²) in [6.45, 7) is 1.96. The molecule has 0 saturated heterocycles. The zero-order valence-electron chi connectivity index (χ0n) is 11.4. The summed E-state index contributed by atoms with van der Waals surface area (Å²) in [6, 6.07) is 10.3. The second-order valence-electron chi connectivity index (χ2n) is 4.50. The third kappa shape index (κ3) is 4.43. The molecule has 0 spiro atoms. The number of halogens is 3. The standard InChI is InChI=1S/C15H11BrCl2N2OS/c1-8-6-10(3-5-12(8)16)19-15(22)20-14(21)11-4-2-9(17)7-13(11)18/h2-7H,1H3,(H2,19,20,21,22). The van der Waals surface area contributed by atoms with Crippen LogP contribution >= 0.6 is 51.3 Å². The Bertz CT molecular complexity index is 752. The summed E-state index contributed by atoms with van der Waals surface area (Å²) < 4.78 is 1.00. The van der Waals surface area contributed by atoms with Gasteiger partial charge in [0.05, 0.1) is 10.6 Å². The van der Waals surface area contributed by atoms with E-state index in [2.05, 4.69) is 26.6 Å². The summed E-state index contributed by atoms with van der Waals surface area (Å²) in [5, 5.41) is 6.46. The van der Waals surface area contributed by atoms with Crippen molar-refractivity contribution in [3.63, 3.8) is 0 Å². The molecule has 0 radical (unpaired) electrons. The lowest BCUT2D eigenvalue weighted by atomic mass is 10.2. The summed E-state index contributed by atoms with van der Waals surface area (Å²) in [5.74, 6) is -0.395. The fraction of sp³-hybridized carbons (Fsp3) is 0.0667. The van der Waals surface area contributed by atoms with Gasteiger partial charge in [-0.3, -0.25) is 10.1 Å². The van der Waals surface area contributed by atoms with Crippen LogP contribution in [0.2, 0.25) is 10.0 Å². The molecule has 0 saturated carbocycles. The van der Waals surface area contributed by atoms with Crippen LogP contribution in [0.5, 0.6) is 0 Å². The van der Waals surface area contributed by atoms with E-state index in [4.69, 9.17) is 35.4 Å². The predicted octanol–water partition coefficient (Wildman–Crippen LogP) is 5.19. The second-order valence-corrected chi connectivity index (χ2v) is 6.60. The van der Waals surface area contributed by atoms with Crippen LogP contribution < -0.4 is 10.6 Å². The van der Waals surface area contributed by atoms with Gasteiger partial charge >= 0.3 is 0 Å². The number of thiocarbonyl (C=S) groups is 1. The molecule has 0 bridgehead atoms. The molecule has 2 N–H and O–H groups in total. The molecule has 0 atom stereocenters. The summed E-state index contributed by atoms with van der Waals surface area (Å²) >= 11 is 20.4. The normalized spacial score (nSPS) is 10.2. The van der Waals surface area contributed by atoms with E-state index in [-0.39, 0.29) is 10.1 Å². The van der Waals surface area contributed by atoms with Gasteiger partial charge in [0.2, 0.25) is 0 Å². The molecular formula is C15H11BrCl2N2OS. The average molecular weight is 418 g/mol. The number of benzene rings is 2. The first-order valence-electron chi connectivity index (χ1n) is 6.20. The minimum Gasteiger partial charge on any atom is -0.332 e. The van der Waals surface area contributed by atoms with Gasteiger partial charge in [0.15, 0.2) is 5.11 Å². The highest BCUT2D eigenvalue weighted by atomic mass is 79.9. The van der Waals surface area contributed by atoms with Gasteiger partial charge in [-0.15, -0.1) is 0 Å². The van der Waals surface area contributed by atoms with Gasteiger partial charge < -0.3 is 5.32 Å². The maximum Gasteiger partial charge on any atom is 0.258 e. The van der Waals surface area contributed by atoms with E-state index < -0.39 is 5.91 Å². The van der Waals surface area contributed by atoms with E-state index in [0.29, 0.717) is 10.6 Å². The molecule has 0 aliphatic carbocycles. The largest absolute Gasteiger partial charge is 0.332 e. The summed E-state index contributed by atoms with van der Waals surface area (Å²) in [4.78, 5) is 12.1. The zero-order chi connectivity index (χ0) is 16.3. The van der Waals surface area contributed by atoms with Crippen molar-refractivity contribution < 1.29 is 4.79 Å². The lowest BCUT2D eigenvalue weighted by molar-refractivity contribution is 0.0978. The summed E-state index contributed by atoms with van der Waals surface area (Å²) in [6.07, 6.45) is 0. The third-order valence-corrected chi connectivity index (χ3v) is 4.46. The molecule has 7 heteroatoms. The molecule has 0 heterocycles. The number of nitrogens with one attached hydrogen (secondary N) is 2. The van der Waals surface area contributed by atoms with Crippen LogP contribution in [0.15, 0.2) is 40.9 Å². The van der Waals surface area contributed by atoms with Gasteiger partial charge in [-0.25, -0.2) is 0 Å². The monoisotopic (exact) mass is 416 g/mol. The van der Waals surface area contributed by atoms with Crippen LogP contribution in [0.4, 0.5) is 5.69 Å². The molecule has 0 aromatic heterocycles.